The predicted octanol–water partition coefficient (Wildman–Crippen LogP) is 9.28. The summed E-state index contributed by atoms with van der Waals surface area (Å²) in [4.78, 5) is 9.31. The van der Waals surface area contributed by atoms with Crippen molar-refractivity contribution in [2.24, 2.45) is 0 Å². The van der Waals surface area contributed by atoms with Crippen LogP contribution in [-0.2, 0) is 0 Å². The monoisotopic (exact) mass is 554 g/mol. The van der Waals surface area contributed by atoms with Gasteiger partial charge in [0.2, 0.25) is 0 Å². The van der Waals surface area contributed by atoms with E-state index in [1.807, 2.05) is 24.5 Å². The fourth-order valence-electron chi connectivity index (χ4n) is 6.20. The van der Waals surface area contributed by atoms with Gasteiger partial charge in [-0.3, -0.25) is 9.97 Å². The molecule has 200 valence electrons. The Morgan fingerprint density at radius 1 is 0.381 bits per heavy atom. The van der Waals surface area contributed by atoms with Gasteiger partial charge < -0.3 is 0 Å². The lowest BCUT2D eigenvalue weighted by Gasteiger charge is -2.16. The molecule has 0 amide bonds. The Morgan fingerprint density at radius 3 is 1.17 bits per heavy atom. The zero-order chi connectivity index (χ0) is 28.3. The first-order valence-corrected chi connectivity index (χ1v) is 16.7. The van der Waals surface area contributed by atoms with Gasteiger partial charge in [-0.05, 0) is 80.2 Å². The Bertz CT molecular complexity index is 1770. The van der Waals surface area contributed by atoms with Gasteiger partial charge in [-0.1, -0.05) is 116 Å². The standard InChI is InChI=1S/C39H30N2Si/c1-42-38(32-20-12-18-30(26-32)34-22-8-10-24-40-34)36(28-14-4-2-5-15-28)37(29-16-6-3-7-17-29)39(42)33-21-13-19-31(27-33)35-23-9-11-25-41-35/h2-27,42H,1H3. The summed E-state index contributed by atoms with van der Waals surface area (Å²) < 4.78 is 0. The minimum atomic E-state index is -1.70. The Hall–Kier alpha value is -5.12. The quantitative estimate of drug-likeness (QED) is 0.192. The van der Waals surface area contributed by atoms with Crippen molar-refractivity contribution < 1.29 is 0 Å². The number of hydrogen-bond acceptors (Lipinski definition) is 2. The number of rotatable bonds is 6. The summed E-state index contributed by atoms with van der Waals surface area (Å²) in [5, 5.41) is 2.94. The Balaban J connectivity index is 1.49. The smallest absolute Gasteiger partial charge is 0.103 e. The minimum absolute atomic E-state index is 0.994. The Kier molecular flexibility index (Phi) is 7.01. The molecule has 0 N–H and O–H groups in total. The molecule has 1 aliphatic rings. The van der Waals surface area contributed by atoms with Crippen LogP contribution in [0.5, 0.6) is 0 Å². The highest BCUT2D eigenvalue weighted by atomic mass is 28.3. The third-order valence-corrected chi connectivity index (χ3v) is 11.0. The van der Waals surface area contributed by atoms with E-state index in [-0.39, 0.29) is 0 Å². The molecule has 1 aliphatic heterocycles. The van der Waals surface area contributed by atoms with Crippen LogP contribution in [0.4, 0.5) is 0 Å². The number of benzene rings is 4. The molecule has 0 saturated carbocycles. The number of nitrogens with zero attached hydrogens (tertiary/aromatic N) is 2. The lowest BCUT2D eigenvalue weighted by Crippen LogP contribution is -2.11. The fourth-order valence-corrected chi connectivity index (χ4v) is 9.34. The predicted molar refractivity (Wildman–Crippen MR) is 179 cm³/mol. The molecule has 0 unspecified atom stereocenters. The van der Waals surface area contributed by atoms with Crippen molar-refractivity contribution in [2.75, 3.05) is 0 Å². The van der Waals surface area contributed by atoms with Crippen LogP contribution in [0.1, 0.15) is 22.3 Å². The Morgan fingerprint density at radius 2 is 0.762 bits per heavy atom. The van der Waals surface area contributed by atoms with Crippen molar-refractivity contribution in [2.45, 2.75) is 6.55 Å². The molecule has 2 nitrogen and oxygen atoms in total. The molecule has 3 heterocycles. The molecule has 6 aromatic rings. The fraction of sp³-hybridized carbons (Fsp3) is 0.0256. The highest BCUT2D eigenvalue weighted by Crippen LogP contribution is 2.51. The lowest BCUT2D eigenvalue weighted by molar-refractivity contribution is 1.32. The summed E-state index contributed by atoms with van der Waals surface area (Å²) in [6.07, 6.45) is 3.73. The van der Waals surface area contributed by atoms with Crippen LogP contribution in [0, 0.1) is 0 Å². The molecule has 2 aromatic heterocycles. The third-order valence-electron chi connectivity index (χ3n) is 8.05. The zero-order valence-corrected chi connectivity index (χ0v) is 24.6. The molecular formula is C39H30N2Si. The molecule has 0 aliphatic carbocycles. The van der Waals surface area contributed by atoms with E-state index < -0.39 is 8.80 Å². The molecule has 42 heavy (non-hydrogen) atoms. The topological polar surface area (TPSA) is 25.8 Å². The minimum Gasteiger partial charge on any atom is -0.256 e. The molecule has 0 spiro atoms. The van der Waals surface area contributed by atoms with Crippen molar-refractivity contribution in [3.8, 4) is 22.5 Å². The molecule has 0 radical (unpaired) electrons. The maximum Gasteiger partial charge on any atom is 0.103 e. The van der Waals surface area contributed by atoms with Gasteiger partial charge in [-0.15, -0.1) is 0 Å². The Labute approximate surface area is 249 Å². The van der Waals surface area contributed by atoms with Gasteiger partial charge >= 0.3 is 0 Å². The van der Waals surface area contributed by atoms with E-state index in [1.54, 1.807) is 0 Å². The van der Waals surface area contributed by atoms with Gasteiger partial charge in [0.15, 0.2) is 0 Å². The van der Waals surface area contributed by atoms with E-state index in [0.29, 0.717) is 0 Å². The number of allylic oxidation sites excluding steroid dienone is 2. The van der Waals surface area contributed by atoms with E-state index in [1.165, 1.54) is 43.8 Å². The largest absolute Gasteiger partial charge is 0.256 e. The van der Waals surface area contributed by atoms with Crippen molar-refractivity contribution >= 4 is 30.3 Å². The number of pyridine rings is 2. The first-order chi connectivity index (χ1) is 20.8. The maximum atomic E-state index is 4.66. The zero-order valence-electron chi connectivity index (χ0n) is 23.5. The summed E-state index contributed by atoms with van der Waals surface area (Å²) in [5.41, 5.74) is 12.0. The summed E-state index contributed by atoms with van der Waals surface area (Å²) in [6.45, 7) is 2.49. The molecule has 0 bridgehead atoms. The summed E-state index contributed by atoms with van der Waals surface area (Å²) in [6, 6.07) is 52.0. The van der Waals surface area contributed by atoms with E-state index in [4.69, 9.17) is 0 Å². The molecular weight excluding hydrogens is 525 g/mol. The van der Waals surface area contributed by atoms with Gasteiger partial charge in [0.1, 0.15) is 8.80 Å². The first kappa shape index (κ1) is 25.8. The van der Waals surface area contributed by atoms with Crippen LogP contribution in [0.3, 0.4) is 0 Å². The summed E-state index contributed by atoms with van der Waals surface area (Å²) >= 11 is 0. The second-order valence-electron chi connectivity index (χ2n) is 10.6. The van der Waals surface area contributed by atoms with E-state index in [0.717, 1.165) is 22.5 Å². The van der Waals surface area contributed by atoms with Crippen LogP contribution < -0.4 is 0 Å². The van der Waals surface area contributed by atoms with Crippen LogP contribution in [0.2, 0.25) is 6.55 Å². The molecule has 0 atom stereocenters. The van der Waals surface area contributed by atoms with E-state index in [2.05, 4.69) is 150 Å². The van der Waals surface area contributed by atoms with Gasteiger partial charge in [-0.2, -0.15) is 0 Å². The SMILES string of the molecule is C[SiH]1C(c2cccc(-c3ccccn3)c2)=C(c2ccccc2)C(c2ccccc2)=C1c1cccc(-c2ccccn2)c1. The van der Waals surface area contributed by atoms with Crippen LogP contribution in [0.25, 0.3) is 44.1 Å². The second kappa shape index (κ2) is 11.4. The van der Waals surface area contributed by atoms with Gasteiger partial charge in [0.05, 0.1) is 11.4 Å². The summed E-state index contributed by atoms with van der Waals surface area (Å²) in [5.74, 6) is 0. The average molecular weight is 555 g/mol. The summed E-state index contributed by atoms with van der Waals surface area (Å²) in [7, 11) is -1.70. The van der Waals surface area contributed by atoms with Gasteiger partial charge in [0, 0.05) is 23.5 Å². The van der Waals surface area contributed by atoms with Gasteiger partial charge in [0.25, 0.3) is 0 Å². The number of aromatic nitrogens is 2. The number of hydrogen-bond donors (Lipinski definition) is 0. The van der Waals surface area contributed by atoms with Crippen molar-refractivity contribution in [1.82, 2.24) is 9.97 Å². The lowest BCUT2D eigenvalue weighted by atomic mass is 9.89. The molecule has 0 saturated heterocycles. The molecule has 4 aromatic carbocycles. The second-order valence-corrected chi connectivity index (χ2v) is 13.2. The average Bonchev–Trinajstić information content (AvgIpc) is 3.39. The molecule has 3 heteroatoms. The van der Waals surface area contributed by atoms with Crippen molar-refractivity contribution in [1.29, 1.82) is 0 Å². The van der Waals surface area contributed by atoms with Crippen molar-refractivity contribution in [3.63, 3.8) is 0 Å². The van der Waals surface area contributed by atoms with Crippen molar-refractivity contribution in [3.05, 3.63) is 180 Å². The van der Waals surface area contributed by atoms with Crippen LogP contribution >= 0.6 is 0 Å². The normalized spacial score (nSPS) is 13.5. The highest BCUT2D eigenvalue weighted by Gasteiger charge is 2.35. The highest BCUT2D eigenvalue weighted by molar-refractivity contribution is 6.99. The first-order valence-electron chi connectivity index (χ1n) is 14.4. The maximum absolute atomic E-state index is 4.66. The van der Waals surface area contributed by atoms with E-state index >= 15 is 0 Å². The molecule has 0 fully saturated rings. The van der Waals surface area contributed by atoms with Gasteiger partial charge in [-0.25, -0.2) is 0 Å². The van der Waals surface area contributed by atoms with E-state index in [9.17, 15) is 0 Å². The third kappa shape index (κ3) is 4.85. The van der Waals surface area contributed by atoms with Crippen LogP contribution in [0.15, 0.2) is 158 Å². The van der Waals surface area contributed by atoms with Crippen LogP contribution in [-0.4, -0.2) is 18.8 Å². The molecule has 7 rings (SSSR count).